The first-order chi connectivity index (χ1) is 10.9. The smallest absolute Gasteiger partial charge is 0.325 e. The van der Waals surface area contributed by atoms with Gasteiger partial charge in [-0.3, -0.25) is 14.5 Å². The minimum Gasteiger partial charge on any atom is -0.497 e. The Morgan fingerprint density at radius 3 is 2.87 bits per heavy atom. The van der Waals surface area contributed by atoms with Gasteiger partial charge in [0.15, 0.2) is 0 Å². The van der Waals surface area contributed by atoms with Gasteiger partial charge >= 0.3 is 6.03 Å². The van der Waals surface area contributed by atoms with Crippen molar-refractivity contribution in [2.24, 2.45) is 0 Å². The first kappa shape index (κ1) is 16.4. The Kier molecular flexibility index (Phi) is 4.55. The van der Waals surface area contributed by atoms with E-state index in [0.717, 1.165) is 4.90 Å². The molecule has 1 aliphatic heterocycles. The van der Waals surface area contributed by atoms with E-state index < -0.39 is 23.4 Å². The Bertz CT molecular complexity index is 695. The number of imide groups is 1. The molecule has 0 aliphatic carbocycles. The summed E-state index contributed by atoms with van der Waals surface area (Å²) in [5.41, 5.74) is -0.681. The van der Waals surface area contributed by atoms with Crippen molar-refractivity contribution in [1.29, 1.82) is 0 Å². The summed E-state index contributed by atoms with van der Waals surface area (Å²) in [7, 11) is 1.51. The average Bonchev–Trinajstić information content (AvgIpc) is 2.77. The summed E-state index contributed by atoms with van der Waals surface area (Å²) >= 11 is 0. The van der Waals surface area contributed by atoms with E-state index >= 15 is 0 Å². The third kappa shape index (κ3) is 3.11. The Labute approximate surface area is 134 Å². The summed E-state index contributed by atoms with van der Waals surface area (Å²) in [6.07, 6.45) is 5.05. The number of carbonyl (C=O) groups excluding carboxylic acids is 3. The van der Waals surface area contributed by atoms with Crippen LogP contribution in [0, 0.1) is 12.3 Å². The van der Waals surface area contributed by atoms with Crippen molar-refractivity contribution in [1.82, 2.24) is 15.5 Å². The predicted octanol–water partition coefficient (Wildman–Crippen LogP) is 0.212. The van der Waals surface area contributed by atoms with Crippen LogP contribution in [-0.2, 0) is 15.1 Å². The monoisotopic (exact) mass is 315 g/mol. The summed E-state index contributed by atoms with van der Waals surface area (Å²) in [4.78, 5) is 37.3. The van der Waals surface area contributed by atoms with Crippen LogP contribution in [0.3, 0.4) is 0 Å². The van der Waals surface area contributed by atoms with E-state index in [2.05, 4.69) is 16.6 Å². The summed E-state index contributed by atoms with van der Waals surface area (Å²) in [5, 5.41) is 5.04. The highest BCUT2D eigenvalue weighted by Gasteiger charge is 2.49. The molecule has 1 aromatic rings. The van der Waals surface area contributed by atoms with Crippen LogP contribution >= 0.6 is 0 Å². The van der Waals surface area contributed by atoms with Gasteiger partial charge in [0.25, 0.3) is 5.91 Å². The van der Waals surface area contributed by atoms with Crippen molar-refractivity contribution >= 4 is 17.8 Å². The van der Waals surface area contributed by atoms with Gasteiger partial charge in [-0.15, -0.1) is 6.42 Å². The standard InChI is InChI=1S/C16H17N3O4/c1-4-8-17-13(20)10-19-14(21)16(2,18-15(19)22)11-6-5-7-12(9-11)23-3/h1,5-7,9H,8,10H2,2-3H3,(H,17,20)(H,18,22)/t16-/m0/s1. The van der Waals surface area contributed by atoms with E-state index in [4.69, 9.17) is 11.2 Å². The van der Waals surface area contributed by atoms with Gasteiger partial charge in [0, 0.05) is 0 Å². The predicted molar refractivity (Wildman–Crippen MR) is 82.4 cm³/mol. The molecule has 0 bridgehead atoms. The maximum Gasteiger partial charge on any atom is 0.325 e. The van der Waals surface area contributed by atoms with Crippen molar-refractivity contribution < 1.29 is 19.1 Å². The van der Waals surface area contributed by atoms with Crippen molar-refractivity contribution in [2.75, 3.05) is 20.2 Å². The molecule has 1 aromatic carbocycles. The highest BCUT2D eigenvalue weighted by molar-refractivity contribution is 6.09. The zero-order valence-electron chi connectivity index (χ0n) is 12.9. The van der Waals surface area contributed by atoms with Crippen LogP contribution in [-0.4, -0.2) is 42.9 Å². The first-order valence-electron chi connectivity index (χ1n) is 6.91. The third-order valence-corrected chi connectivity index (χ3v) is 3.61. The topological polar surface area (TPSA) is 87.7 Å². The molecule has 1 aliphatic rings. The molecule has 7 nitrogen and oxygen atoms in total. The molecule has 0 aromatic heterocycles. The number of nitrogens with zero attached hydrogens (tertiary/aromatic N) is 1. The van der Waals surface area contributed by atoms with Gasteiger partial charge in [-0.05, 0) is 24.6 Å². The van der Waals surface area contributed by atoms with Gasteiger partial charge < -0.3 is 15.4 Å². The molecule has 1 fully saturated rings. The van der Waals surface area contributed by atoms with Gasteiger partial charge in [-0.2, -0.15) is 0 Å². The SMILES string of the molecule is C#CCNC(=O)CN1C(=O)N[C@@](C)(c2cccc(OC)c2)C1=O. The number of nitrogens with one attached hydrogen (secondary N) is 2. The molecule has 2 N–H and O–H groups in total. The second-order valence-electron chi connectivity index (χ2n) is 5.16. The van der Waals surface area contributed by atoms with Crippen molar-refractivity contribution in [3.63, 3.8) is 0 Å². The van der Waals surface area contributed by atoms with Crippen LogP contribution in [0.1, 0.15) is 12.5 Å². The molecule has 0 saturated carbocycles. The molecule has 0 unspecified atom stereocenters. The van der Waals surface area contributed by atoms with E-state index in [1.807, 2.05) is 0 Å². The quantitative estimate of drug-likeness (QED) is 0.601. The average molecular weight is 315 g/mol. The molecular formula is C16H17N3O4. The Balaban J connectivity index is 2.22. The van der Waals surface area contributed by atoms with Gasteiger partial charge in [0.2, 0.25) is 5.91 Å². The molecule has 1 atom stereocenters. The lowest BCUT2D eigenvalue weighted by molar-refractivity contribution is -0.134. The molecule has 23 heavy (non-hydrogen) atoms. The zero-order valence-corrected chi connectivity index (χ0v) is 12.9. The van der Waals surface area contributed by atoms with Crippen LogP contribution < -0.4 is 15.4 Å². The number of ether oxygens (including phenoxy) is 1. The fraction of sp³-hybridized carbons (Fsp3) is 0.312. The minimum atomic E-state index is -1.25. The van der Waals surface area contributed by atoms with Gasteiger partial charge in [0.05, 0.1) is 13.7 Å². The number of hydrogen-bond acceptors (Lipinski definition) is 4. The summed E-state index contributed by atoms with van der Waals surface area (Å²) in [6, 6.07) is 6.21. The highest BCUT2D eigenvalue weighted by Crippen LogP contribution is 2.30. The Morgan fingerprint density at radius 1 is 1.48 bits per heavy atom. The lowest BCUT2D eigenvalue weighted by Gasteiger charge is -2.22. The fourth-order valence-corrected chi connectivity index (χ4v) is 2.32. The normalized spacial score (nSPS) is 20.0. The lowest BCUT2D eigenvalue weighted by atomic mass is 9.92. The van der Waals surface area contributed by atoms with E-state index in [1.54, 1.807) is 31.2 Å². The second-order valence-corrected chi connectivity index (χ2v) is 5.16. The Hall–Kier alpha value is -3.01. The number of terminal acetylenes is 1. The molecule has 1 saturated heterocycles. The molecule has 2 rings (SSSR count). The zero-order chi connectivity index (χ0) is 17.0. The van der Waals surface area contributed by atoms with Crippen LogP contribution in [0.15, 0.2) is 24.3 Å². The number of benzene rings is 1. The lowest BCUT2D eigenvalue weighted by Crippen LogP contribution is -2.43. The van der Waals surface area contributed by atoms with Crippen molar-refractivity contribution in [2.45, 2.75) is 12.5 Å². The fourth-order valence-electron chi connectivity index (χ4n) is 2.32. The summed E-state index contributed by atoms with van der Waals surface area (Å²) < 4.78 is 5.14. The van der Waals surface area contributed by atoms with Crippen LogP contribution in [0.4, 0.5) is 4.79 Å². The van der Waals surface area contributed by atoms with Gasteiger partial charge in [0.1, 0.15) is 17.8 Å². The van der Waals surface area contributed by atoms with Crippen LogP contribution in [0.2, 0.25) is 0 Å². The molecule has 0 spiro atoms. The van der Waals surface area contributed by atoms with Gasteiger partial charge in [-0.25, -0.2) is 4.79 Å². The molecule has 4 amide bonds. The molecule has 1 heterocycles. The number of rotatable bonds is 5. The van der Waals surface area contributed by atoms with E-state index in [1.165, 1.54) is 7.11 Å². The van der Waals surface area contributed by atoms with Crippen molar-refractivity contribution in [3.8, 4) is 18.1 Å². The second kappa shape index (κ2) is 6.40. The largest absolute Gasteiger partial charge is 0.497 e. The maximum absolute atomic E-state index is 12.6. The van der Waals surface area contributed by atoms with E-state index in [0.29, 0.717) is 11.3 Å². The van der Waals surface area contributed by atoms with Crippen LogP contribution in [0.25, 0.3) is 0 Å². The van der Waals surface area contributed by atoms with Crippen molar-refractivity contribution in [3.05, 3.63) is 29.8 Å². The third-order valence-electron chi connectivity index (χ3n) is 3.61. The number of hydrogen-bond donors (Lipinski definition) is 2. The minimum absolute atomic E-state index is 0.0373. The number of urea groups is 1. The molecule has 0 radical (unpaired) electrons. The van der Waals surface area contributed by atoms with E-state index in [9.17, 15) is 14.4 Å². The first-order valence-corrected chi connectivity index (χ1v) is 6.91. The Morgan fingerprint density at radius 2 is 2.22 bits per heavy atom. The van der Waals surface area contributed by atoms with E-state index in [-0.39, 0.29) is 13.1 Å². The molecule has 7 heteroatoms. The van der Waals surface area contributed by atoms with Crippen LogP contribution in [0.5, 0.6) is 5.75 Å². The molecular weight excluding hydrogens is 298 g/mol. The highest BCUT2D eigenvalue weighted by atomic mass is 16.5. The number of amides is 4. The molecule has 120 valence electrons. The number of carbonyl (C=O) groups is 3. The summed E-state index contributed by atoms with van der Waals surface area (Å²) in [5.74, 6) is 1.81. The maximum atomic E-state index is 12.6. The number of methoxy groups -OCH3 is 1. The summed E-state index contributed by atoms with van der Waals surface area (Å²) in [6.45, 7) is 1.24. The van der Waals surface area contributed by atoms with Gasteiger partial charge in [-0.1, -0.05) is 18.1 Å².